The molecule has 2 atom stereocenters. The van der Waals surface area contributed by atoms with Crippen LogP contribution in [0.5, 0.6) is 0 Å². The summed E-state index contributed by atoms with van der Waals surface area (Å²) in [6.07, 6.45) is 11.4. The van der Waals surface area contributed by atoms with E-state index in [1.807, 2.05) is 6.07 Å². The van der Waals surface area contributed by atoms with Crippen molar-refractivity contribution in [3.8, 4) is 0 Å². The van der Waals surface area contributed by atoms with E-state index in [0.717, 1.165) is 57.3 Å². The van der Waals surface area contributed by atoms with Crippen LogP contribution in [0.25, 0.3) is 0 Å². The van der Waals surface area contributed by atoms with E-state index in [0.29, 0.717) is 37.3 Å². The molecule has 0 radical (unpaired) electrons. The van der Waals surface area contributed by atoms with Crippen LogP contribution in [0, 0.1) is 11.8 Å². The highest BCUT2D eigenvalue weighted by atomic mass is 32.2. The number of aryl methyl sites for hydroxylation is 2. The number of nitrogens with zero attached hydrogens (tertiary/aromatic N) is 4. The van der Waals surface area contributed by atoms with Gasteiger partial charge in [0.05, 0.1) is 0 Å². The first kappa shape index (κ1) is 23.0. The van der Waals surface area contributed by atoms with Crippen LogP contribution < -0.4 is 0 Å². The van der Waals surface area contributed by atoms with Crippen molar-refractivity contribution in [2.45, 2.75) is 76.7 Å². The number of hydrogen-bond acceptors (Lipinski definition) is 5. The summed E-state index contributed by atoms with van der Waals surface area (Å²) in [4.78, 5) is 4.68. The predicted molar refractivity (Wildman–Crippen MR) is 127 cm³/mol. The Labute approximate surface area is 197 Å². The van der Waals surface area contributed by atoms with Gasteiger partial charge in [-0.3, -0.25) is 0 Å². The maximum atomic E-state index is 13.6. The maximum Gasteiger partial charge on any atom is 0.282 e. The Hall–Kier alpha value is -1.77. The van der Waals surface area contributed by atoms with Crippen molar-refractivity contribution in [2.24, 2.45) is 11.8 Å². The van der Waals surface area contributed by atoms with Gasteiger partial charge in [-0.15, -0.1) is 0 Å². The van der Waals surface area contributed by atoms with Crippen LogP contribution in [-0.2, 0) is 23.1 Å². The van der Waals surface area contributed by atoms with Gasteiger partial charge in [-0.1, -0.05) is 61.2 Å². The Morgan fingerprint density at radius 2 is 1.76 bits per heavy atom. The fraction of sp³-hybridized carbons (Fsp3) is 0.680. The summed E-state index contributed by atoms with van der Waals surface area (Å²) in [5.41, 5.74) is 1.30. The normalized spacial score (nSPS) is 25.3. The Bertz CT molecular complexity index is 1000. The summed E-state index contributed by atoms with van der Waals surface area (Å²) in [6, 6.07) is 10.1. The SMILES string of the molecule is O=S(=O)(N1CCCCC1)N1CC(CC2CCC2)CC1c1nc(CCCc2ccccc2)no1. The van der Waals surface area contributed by atoms with Crippen LogP contribution in [0.15, 0.2) is 34.9 Å². The van der Waals surface area contributed by atoms with Crippen LogP contribution in [0.3, 0.4) is 0 Å². The maximum absolute atomic E-state index is 13.6. The summed E-state index contributed by atoms with van der Waals surface area (Å²) in [7, 11) is -3.52. The highest BCUT2D eigenvalue weighted by Gasteiger charge is 2.46. The minimum Gasteiger partial charge on any atom is -0.338 e. The lowest BCUT2D eigenvalue weighted by Crippen LogP contribution is -2.46. The molecule has 0 spiro atoms. The molecular weight excluding hydrogens is 436 g/mol. The number of rotatable bonds is 9. The smallest absolute Gasteiger partial charge is 0.282 e. The van der Waals surface area contributed by atoms with Gasteiger partial charge in [0.25, 0.3) is 10.2 Å². The van der Waals surface area contributed by atoms with Crippen LogP contribution in [-0.4, -0.2) is 46.8 Å². The molecule has 1 aromatic carbocycles. The largest absolute Gasteiger partial charge is 0.338 e. The van der Waals surface area contributed by atoms with Crippen molar-refractivity contribution >= 4 is 10.2 Å². The highest BCUT2D eigenvalue weighted by Crippen LogP contribution is 2.43. The first-order valence-corrected chi connectivity index (χ1v) is 14.1. The van der Waals surface area contributed by atoms with Crippen molar-refractivity contribution in [3.05, 3.63) is 47.6 Å². The lowest BCUT2D eigenvalue weighted by Gasteiger charge is -2.32. The first-order valence-electron chi connectivity index (χ1n) is 12.7. The molecule has 33 heavy (non-hydrogen) atoms. The van der Waals surface area contributed by atoms with E-state index in [9.17, 15) is 8.42 Å². The molecule has 8 heteroatoms. The zero-order chi connectivity index (χ0) is 22.7. The molecule has 3 aliphatic rings. The summed E-state index contributed by atoms with van der Waals surface area (Å²) in [5, 5.41) is 4.21. The standard InChI is InChI=1S/C25H36N4O3S/c30-33(31,28-15-5-2-6-16-28)29-19-22(17-21-12-7-13-21)18-23(29)25-26-24(27-32-25)14-8-11-20-9-3-1-4-10-20/h1,3-4,9-10,21-23H,2,5-8,11-19H2. The molecule has 3 fully saturated rings. The Morgan fingerprint density at radius 3 is 2.48 bits per heavy atom. The summed E-state index contributed by atoms with van der Waals surface area (Å²) in [6.45, 7) is 1.81. The van der Waals surface area contributed by atoms with Crippen molar-refractivity contribution in [3.63, 3.8) is 0 Å². The molecule has 0 amide bonds. The quantitative estimate of drug-likeness (QED) is 0.536. The molecule has 3 heterocycles. The predicted octanol–water partition coefficient (Wildman–Crippen LogP) is 4.53. The molecule has 5 rings (SSSR count). The fourth-order valence-electron chi connectivity index (χ4n) is 5.58. The molecule has 1 aromatic heterocycles. The third kappa shape index (κ3) is 5.33. The van der Waals surface area contributed by atoms with Crippen LogP contribution in [0.2, 0.25) is 0 Å². The second-order valence-electron chi connectivity index (χ2n) is 10.1. The Morgan fingerprint density at radius 1 is 0.970 bits per heavy atom. The van der Waals surface area contributed by atoms with E-state index in [1.54, 1.807) is 8.61 Å². The van der Waals surface area contributed by atoms with Crippen LogP contribution in [0.4, 0.5) is 0 Å². The molecule has 1 saturated carbocycles. The van der Waals surface area contributed by atoms with Crippen molar-refractivity contribution < 1.29 is 12.9 Å². The van der Waals surface area contributed by atoms with Crippen molar-refractivity contribution in [1.29, 1.82) is 0 Å². The minimum absolute atomic E-state index is 0.336. The Kier molecular flexibility index (Phi) is 7.13. The van der Waals surface area contributed by atoms with Gasteiger partial charge >= 0.3 is 0 Å². The molecule has 180 valence electrons. The van der Waals surface area contributed by atoms with E-state index >= 15 is 0 Å². The fourth-order valence-corrected chi connectivity index (χ4v) is 7.50. The van der Waals surface area contributed by atoms with Crippen molar-refractivity contribution in [2.75, 3.05) is 19.6 Å². The van der Waals surface area contributed by atoms with E-state index < -0.39 is 10.2 Å². The van der Waals surface area contributed by atoms with Gasteiger partial charge < -0.3 is 4.52 Å². The minimum atomic E-state index is -3.52. The van der Waals surface area contributed by atoms with Gasteiger partial charge in [0.2, 0.25) is 5.89 Å². The van der Waals surface area contributed by atoms with Crippen LogP contribution in [0.1, 0.15) is 81.1 Å². The molecular formula is C25H36N4O3S. The van der Waals surface area contributed by atoms with E-state index in [4.69, 9.17) is 4.52 Å². The zero-order valence-electron chi connectivity index (χ0n) is 19.4. The number of hydrogen-bond donors (Lipinski definition) is 0. The third-order valence-corrected chi connectivity index (χ3v) is 9.66. The first-order chi connectivity index (χ1) is 16.1. The van der Waals surface area contributed by atoms with Gasteiger partial charge in [-0.2, -0.15) is 22.0 Å². The van der Waals surface area contributed by atoms with Gasteiger partial charge in [-0.25, -0.2) is 0 Å². The second-order valence-corrected chi connectivity index (χ2v) is 12.0. The lowest BCUT2D eigenvalue weighted by atomic mass is 9.78. The molecule has 2 aliphatic heterocycles. The Balaban J connectivity index is 1.28. The summed E-state index contributed by atoms with van der Waals surface area (Å²) < 4.78 is 36.2. The van der Waals surface area contributed by atoms with Crippen LogP contribution >= 0.6 is 0 Å². The van der Waals surface area contributed by atoms with E-state index in [1.165, 1.54) is 24.8 Å². The number of benzene rings is 1. The number of aromatic nitrogens is 2. The van der Waals surface area contributed by atoms with E-state index in [2.05, 4.69) is 34.4 Å². The highest BCUT2D eigenvalue weighted by molar-refractivity contribution is 7.86. The molecule has 7 nitrogen and oxygen atoms in total. The van der Waals surface area contributed by atoms with Gasteiger partial charge in [0, 0.05) is 26.1 Å². The average Bonchev–Trinajstić information content (AvgIpc) is 3.45. The second kappa shape index (κ2) is 10.2. The molecule has 2 saturated heterocycles. The summed E-state index contributed by atoms with van der Waals surface area (Å²) >= 11 is 0. The summed E-state index contributed by atoms with van der Waals surface area (Å²) in [5.74, 6) is 2.28. The lowest BCUT2D eigenvalue weighted by molar-refractivity contribution is 0.250. The van der Waals surface area contributed by atoms with Gasteiger partial charge in [-0.05, 0) is 55.9 Å². The van der Waals surface area contributed by atoms with Gasteiger partial charge in [0.1, 0.15) is 6.04 Å². The third-order valence-electron chi connectivity index (χ3n) is 7.65. The topological polar surface area (TPSA) is 79.5 Å². The molecule has 0 bridgehead atoms. The molecule has 2 aromatic rings. The molecule has 0 N–H and O–H groups in total. The monoisotopic (exact) mass is 472 g/mol. The average molecular weight is 473 g/mol. The zero-order valence-corrected chi connectivity index (χ0v) is 20.3. The number of piperidine rings is 1. The van der Waals surface area contributed by atoms with Crippen molar-refractivity contribution in [1.82, 2.24) is 18.8 Å². The van der Waals surface area contributed by atoms with E-state index in [-0.39, 0.29) is 6.04 Å². The molecule has 2 unspecified atom stereocenters. The molecule has 1 aliphatic carbocycles. The van der Waals surface area contributed by atoms with Gasteiger partial charge in [0.15, 0.2) is 5.82 Å².